The third-order valence-electron chi connectivity index (χ3n) is 2.45. The Morgan fingerprint density at radius 2 is 2.19 bits per heavy atom. The van der Waals surface area contributed by atoms with E-state index in [0.29, 0.717) is 17.0 Å². The van der Waals surface area contributed by atoms with Crippen molar-refractivity contribution >= 4 is 35.0 Å². The van der Waals surface area contributed by atoms with Crippen molar-refractivity contribution in [2.45, 2.75) is 16.5 Å². The van der Waals surface area contributed by atoms with Gasteiger partial charge in [-0.3, -0.25) is 9.78 Å². The number of thiazole rings is 1. The van der Waals surface area contributed by atoms with Gasteiger partial charge in [0, 0.05) is 17.3 Å². The topological polar surface area (TPSA) is 89.4 Å². The van der Waals surface area contributed by atoms with Crippen molar-refractivity contribution in [1.29, 1.82) is 0 Å². The average Bonchev–Trinajstić information content (AvgIpc) is 2.91. The lowest BCUT2D eigenvalue weighted by Gasteiger charge is -2.01. The van der Waals surface area contributed by atoms with Crippen LogP contribution < -0.4 is 0 Å². The summed E-state index contributed by atoms with van der Waals surface area (Å²) >= 11 is 2.89. The van der Waals surface area contributed by atoms with Gasteiger partial charge in [-0.05, 0) is 12.1 Å². The van der Waals surface area contributed by atoms with E-state index in [1.54, 1.807) is 17.5 Å². The quantitative estimate of drug-likeness (QED) is 0.644. The molecule has 0 unspecified atom stereocenters. The van der Waals surface area contributed by atoms with Crippen LogP contribution >= 0.6 is 23.1 Å². The summed E-state index contributed by atoms with van der Waals surface area (Å²) < 4.78 is 5.40. The number of aromatic nitrogens is 2. The van der Waals surface area contributed by atoms with Crippen molar-refractivity contribution in [3.05, 3.63) is 40.7 Å². The van der Waals surface area contributed by atoms with E-state index in [9.17, 15) is 9.59 Å². The summed E-state index contributed by atoms with van der Waals surface area (Å²) in [6.07, 6.45) is 1.41. The molecule has 0 aromatic carbocycles. The maximum Gasteiger partial charge on any atom is 0.339 e. The molecule has 0 aliphatic carbocycles. The number of methoxy groups -OCH3 is 1. The zero-order valence-electron chi connectivity index (χ0n) is 11.1. The summed E-state index contributed by atoms with van der Waals surface area (Å²) in [7, 11) is 1.32. The molecule has 1 N–H and O–H groups in total. The predicted octanol–water partition coefficient (Wildman–Crippen LogP) is 2.24. The second-order valence-corrected chi connectivity index (χ2v) is 6.07. The number of nitrogens with zero attached hydrogens (tertiary/aromatic N) is 2. The van der Waals surface area contributed by atoms with Crippen molar-refractivity contribution in [3.63, 3.8) is 0 Å². The number of pyridine rings is 1. The van der Waals surface area contributed by atoms with Crippen molar-refractivity contribution in [2.24, 2.45) is 0 Å². The Hall–Kier alpha value is -1.93. The molecule has 2 rings (SSSR count). The smallest absolute Gasteiger partial charge is 0.339 e. The minimum atomic E-state index is -0.892. The van der Waals surface area contributed by atoms with Crippen LogP contribution in [0, 0.1) is 0 Å². The van der Waals surface area contributed by atoms with Crippen LogP contribution in [0.2, 0.25) is 0 Å². The van der Waals surface area contributed by atoms with Gasteiger partial charge in [0.05, 0.1) is 30.5 Å². The molecule has 0 radical (unpaired) electrons. The normalized spacial score (nSPS) is 10.3. The van der Waals surface area contributed by atoms with E-state index in [1.165, 1.54) is 36.4 Å². The van der Waals surface area contributed by atoms with Gasteiger partial charge in [-0.25, -0.2) is 9.78 Å². The molecule has 110 valence electrons. The minimum Gasteiger partial charge on any atom is -0.481 e. The highest BCUT2D eigenvalue weighted by Crippen LogP contribution is 2.25. The van der Waals surface area contributed by atoms with Gasteiger partial charge in [0.1, 0.15) is 0 Å². The summed E-state index contributed by atoms with van der Waals surface area (Å²) in [5.41, 5.74) is 1.77. The van der Waals surface area contributed by atoms with Gasteiger partial charge in [0.15, 0.2) is 4.34 Å². The monoisotopic (exact) mass is 324 g/mol. The lowest BCUT2D eigenvalue weighted by Crippen LogP contribution is -2.02. The minimum absolute atomic E-state index is 0.0663. The highest BCUT2D eigenvalue weighted by molar-refractivity contribution is 8.00. The molecule has 0 fully saturated rings. The van der Waals surface area contributed by atoms with E-state index >= 15 is 0 Å². The third-order valence-corrected chi connectivity index (χ3v) is 4.56. The largest absolute Gasteiger partial charge is 0.481 e. The Balaban J connectivity index is 1.92. The lowest BCUT2D eigenvalue weighted by atomic mass is 10.2. The van der Waals surface area contributed by atoms with Gasteiger partial charge in [-0.15, -0.1) is 11.3 Å². The van der Waals surface area contributed by atoms with Crippen LogP contribution in [0.3, 0.4) is 0 Å². The van der Waals surface area contributed by atoms with Crippen molar-refractivity contribution in [2.75, 3.05) is 7.11 Å². The standard InChI is InChI=1S/C13H12N2O4S2/c1-19-12(18)8-2-3-9(14-5-8)6-20-13-15-10(7-21-13)4-11(16)17/h2-3,5,7H,4,6H2,1H3,(H,16,17). The number of carbonyl (C=O) groups is 2. The highest BCUT2D eigenvalue weighted by atomic mass is 32.2. The summed E-state index contributed by atoms with van der Waals surface area (Å²) in [6, 6.07) is 3.41. The molecule has 0 bridgehead atoms. The van der Waals surface area contributed by atoms with E-state index < -0.39 is 11.9 Å². The Labute approximate surface area is 129 Å². The summed E-state index contributed by atoms with van der Waals surface area (Å²) in [5, 5.41) is 10.4. The molecule has 0 spiro atoms. The van der Waals surface area contributed by atoms with Gasteiger partial charge < -0.3 is 9.84 Å². The van der Waals surface area contributed by atoms with Crippen LogP contribution in [-0.2, 0) is 21.7 Å². The zero-order chi connectivity index (χ0) is 15.2. The molecule has 0 saturated carbocycles. The molecule has 0 aliphatic heterocycles. The Morgan fingerprint density at radius 3 is 2.81 bits per heavy atom. The molecule has 2 heterocycles. The van der Waals surface area contributed by atoms with Crippen LogP contribution in [0.15, 0.2) is 28.0 Å². The number of hydrogen-bond acceptors (Lipinski definition) is 7. The van der Waals surface area contributed by atoms with Crippen molar-refractivity contribution in [1.82, 2.24) is 9.97 Å². The predicted molar refractivity (Wildman–Crippen MR) is 78.6 cm³/mol. The second kappa shape index (κ2) is 7.19. The zero-order valence-corrected chi connectivity index (χ0v) is 12.7. The van der Waals surface area contributed by atoms with Crippen LogP contribution in [0.1, 0.15) is 21.7 Å². The maximum absolute atomic E-state index is 11.3. The number of thioether (sulfide) groups is 1. The first-order valence-electron chi connectivity index (χ1n) is 5.90. The molecule has 8 heteroatoms. The molecular weight excluding hydrogens is 312 g/mol. The van der Waals surface area contributed by atoms with Crippen LogP contribution in [0.4, 0.5) is 0 Å². The number of esters is 1. The summed E-state index contributed by atoms with van der Waals surface area (Å²) in [6.45, 7) is 0. The number of carboxylic acid groups (broad SMARTS) is 1. The summed E-state index contributed by atoms with van der Waals surface area (Å²) in [5.74, 6) is -0.710. The molecule has 6 nitrogen and oxygen atoms in total. The molecule has 2 aromatic rings. The molecule has 0 atom stereocenters. The number of carboxylic acids is 1. The molecular formula is C13H12N2O4S2. The maximum atomic E-state index is 11.3. The summed E-state index contributed by atoms with van der Waals surface area (Å²) in [4.78, 5) is 30.3. The van der Waals surface area contributed by atoms with E-state index in [2.05, 4.69) is 14.7 Å². The van der Waals surface area contributed by atoms with E-state index in [0.717, 1.165) is 10.0 Å². The first-order chi connectivity index (χ1) is 10.1. The van der Waals surface area contributed by atoms with Crippen LogP contribution in [-0.4, -0.2) is 34.1 Å². The van der Waals surface area contributed by atoms with Crippen LogP contribution in [0.25, 0.3) is 0 Å². The Kier molecular flexibility index (Phi) is 5.29. The first-order valence-corrected chi connectivity index (χ1v) is 7.77. The fraction of sp³-hybridized carbons (Fsp3) is 0.231. The lowest BCUT2D eigenvalue weighted by molar-refractivity contribution is -0.136. The van der Waals surface area contributed by atoms with Gasteiger partial charge >= 0.3 is 11.9 Å². The number of ether oxygens (including phenoxy) is 1. The SMILES string of the molecule is COC(=O)c1ccc(CSc2nc(CC(=O)O)cs2)nc1. The van der Waals surface area contributed by atoms with Gasteiger partial charge in [-0.2, -0.15) is 0 Å². The number of rotatable bonds is 6. The Bertz CT molecular complexity index is 640. The molecule has 0 aliphatic rings. The average molecular weight is 324 g/mol. The Morgan fingerprint density at radius 1 is 1.38 bits per heavy atom. The van der Waals surface area contributed by atoms with E-state index in [-0.39, 0.29) is 6.42 Å². The fourth-order valence-corrected chi connectivity index (χ4v) is 3.24. The number of hydrogen-bond donors (Lipinski definition) is 1. The highest BCUT2D eigenvalue weighted by Gasteiger charge is 2.08. The van der Waals surface area contributed by atoms with E-state index in [1.807, 2.05) is 0 Å². The van der Waals surface area contributed by atoms with Gasteiger partial charge in [-0.1, -0.05) is 11.8 Å². The van der Waals surface area contributed by atoms with Crippen LogP contribution in [0.5, 0.6) is 0 Å². The number of carbonyl (C=O) groups excluding carboxylic acids is 1. The van der Waals surface area contributed by atoms with Crippen molar-refractivity contribution < 1.29 is 19.4 Å². The van der Waals surface area contributed by atoms with E-state index in [4.69, 9.17) is 5.11 Å². The fourth-order valence-electron chi connectivity index (χ4n) is 1.47. The third kappa shape index (κ3) is 4.54. The van der Waals surface area contributed by atoms with Gasteiger partial charge in [0.25, 0.3) is 0 Å². The number of aliphatic carboxylic acids is 1. The second-order valence-electron chi connectivity index (χ2n) is 3.99. The first kappa shape index (κ1) is 15.5. The molecule has 0 saturated heterocycles. The molecule has 0 amide bonds. The molecule has 21 heavy (non-hydrogen) atoms. The van der Waals surface area contributed by atoms with Gasteiger partial charge in [0.2, 0.25) is 0 Å². The van der Waals surface area contributed by atoms with Crippen molar-refractivity contribution in [3.8, 4) is 0 Å². The molecule has 2 aromatic heterocycles.